The van der Waals surface area contributed by atoms with E-state index in [0.717, 1.165) is 25.7 Å². The second kappa shape index (κ2) is 6.22. The Kier molecular flexibility index (Phi) is 4.84. The lowest BCUT2D eigenvalue weighted by molar-refractivity contribution is -0.127. The zero-order chi connectivity index (χ0) is 13.9. The van der Waals surface area contributed by atoms with Crippen LogP contribution in [0.25, 0.3) is 0 Å². The highest BCUT2D eigenvalue weighted by atomic mass is 32.2. The van der Waals surface area contributed by atoms with Crippen LogP contribution in [0.2, 0.25) is 0 Å². The Morgan fingerprint density at radius 1 is 1.11 bits per heavy atom. The molecule has 0 aromatic carbocycles. The fourth-order valence-electron chi connectivity index (χ4n) is 3.02. The van der Waals surface area contributed by atoms with Crippen molar-refractivity contribution in [1.82, 2.24) is 9.62 Å². The summed E-state index contributed by atoms with van der Waals surface area (Å²) in [5.41, 5.74) is 0. The largest absolute Gasteiger partial charge is 0.353 e. The molecule has 1 heterocycles. The fraction of sp³-hybridized carbons (Fsp3) is 0.923. The first-order valence-corrected chi connectivity index (χ1v) is 9.07. The van der Waals surface area contributed by atoms with E-state index < -0.39 is 10.0 Å². The Labute approximate surface area is 115 Å². The number of rotatable bonds is 3. The molecule has 110 valence electrons. The molecular weight excluding hydrogens is 264 g/mol. The number of nitrogens with one attached hydrogen (secondary N) is 1. The Hall–Kier alpha value is -0.620. The molecule has 1 aliphatic heterocycles. The lowest BCUT2D eigenvalue weighted by Gasteiger charge is -2.32. The molecule has 1 saturated carbocycles. The summed E-state index contributed by atoms with van der Waals surface area (Å²) in [4.78, 5) is 12.2. The Morgan fingerprint density at radius 2 is 1.79 bits per heavy atom. The van der Waals surface area contributed by atoms with Crippen molar-refractivity contribution in [2.24, 2.45) is 5.92 Å². The maximum absolute atomic E-state index is 12.2. The summed E-state index contributed by atoms with van der Waals surface area (Å²) in [6.07, 6.45) is 8.55. The number of piperidine rings is 1. The van der Waals surface area contributed by atoms with Crippen LogP contribution in [0.5, 0.6) is 0 Å². The molecule has 0 aromatic rings. The van der Waals surface area contributed by atoms with E-state index in [1.54, 1.807) is 0 Å². The van der Waals surface area contributed by atoms with Crippen LogP contribution in [0.1, 0.15) is 44.9 Å². The van der Waals surface area contributed by atoms with Gasteiger partial charge < -0.3 is 5.32 Å². The van der Waals surface area contributed by atoms with E-state index in [1.807, 2.05) is 0 Å². The van der Waals surface area contributed by atoms with E-state index in [1.165, 1.54) is 29.8 Å². The summed E-state index contributed by atoms with van der Waals surface area (Å²) in [5, 5.41) is 3.10. The fourth-order valence-corrected chi connectivity index (χ4v) is 3.94. The molecule has 6 heteroatoms. The molecule has 0 bridgehead atoms. The number of carbonyl (C=O) groups is 1. The molecule has 1 N–H and O–H groups in total. The highest BCUT2D eigenvalue weighted by Gasteiger charge is 2.31. The molecule has 19 heavy (non-hydrogen) atoms. The van der Waals surface area contributed by atoms with Gasteiger partial charge in [-0.2, -0.15) is 0 Å². The summed E-state index contributed by atoms with van der Waals surface area (Å²) in [6.45, 7) is 0.892. The summed E-state index contributed by atoms with van der Waals surface area (Å²) in [5.74, 6) is -0.134. The molecule has 1 aliphatic carbocycles. The van der Waals surface area contributed by atoms with E-state index in [4.69, 9.17) is 0 Å². The summed E-state index contributed by atoms with van der Waals surface area (Å²) >= 11 is 0. The lowest BCUT2D eigenvalue weighted by atomic mass is 9.93. The van der Waals surface area contributed by atoms with Crippen LogP contribution in [-0.4, -0.2) is 44.0 Å². The van der Waals surface area contributed by atoms with E-state index in [2.05, 4.69) is 5.32 Å². The van der Waals surface area contributed by atoms with Gasteiger partial charge in [0.1, 0.15) is 0 Å². The van der Waals surface area contributed by atoms with Crippen LogP contribution in [0.4, 0.5) is 0 Å². The third-order valence-electron chi connectivity index (χ3n) is 4.18. The third-order valence-corrected chi connectivity index (χ3v) is 5.45. The van der Waals surface area contributed by atoms with Crippen LogP contribution in [0.3, 0.4) is 0 Å². The van der Waals surface area contributed by atoms with Crippen molar-refractivity contribution in [3.05, 3.63) is 0 Å². The molecule has 0 unspecified atom stereocenters. The number of nitrogens with zero attached hydrogens (tertiary/aromatic N) is 1. The van der Waals surface area contributed by atoms with Crippen molar-refractivity contribution < 1.29 is 13.2 Å². The standard InChI is InChI=1S/C13H24N2O3S/c1-19(17,18)15-9-5-6-11(10-15)13(16)14-12-7-3-2-4-8-12/h11-12H,2-10H2,1H3,(H,14,16)/t11-/m0/s1. The van der Waals surface area contributed by atoms with Crippen LogP contribution in [0.15, 0.2) is 0 Å². The number of sulfonamides is 1. The van der Waals surface area contributed by atoms with Gasteiger partial charge in [-0.25, -0.2) is 12.7 Å². The molecule has 0 radical (unpaired) electrons. The minimum atomic E-state index is -3.17. The Morgan fingerprint density at radius 3 is 2.42 bits per heavy atom. The topological polar surface area (TPSA) is 66.5 Å². The van der Waals surface area contributed by atoms with E-state index in [-0.39, 0.29) is 11.8 Å². The van der Waals surface area contributed by atoms with Crippen molar-refractivity contribution in [2.75, 3.05) is 19.3 Å². The molecule has 2 rings (SSSR count). The predicted octanol–water partition coefficient (Wildman–Crippen LogP) is 1.11. The average molecular weight is 288 g/mol. The number of carbonyl (C=O) groups excluding carboxylic acids is 1. The number of hydrogen-bond acceptors (Lipinski definition) is 3. The summed E-state index contributed by atoms with van der Waals surface area (Å²) in [6, 6.07) is 0.301. The van der Waals surface area contributed by atoms with E-state index in [9.17, 15) is 13.2 Å². The Balaban J connectivity index is 1.88. The molecule has 0 spiro atoms. The van der Waals surface area contributed by atoms with Crippen molar-refractivity contribution >= 4 is 15.9 Å². The normalized spacial score (nSPS) is 27.1. The molecule has 1 saturated heterocycles. The van der Waals surface area contributed by atoms with Gasteiger partial charge in [-0.1, -0.05) is 19.3 Å². The smallest absolute Gasteiger partial charge is 0.224 e. The van der Waals surface area contributed by atoms with Gasteiger partial charge in [0.15, 0.2) is 0 Å². The molecule has 1 amide bonds. The van der Waals surface area contributed by atoms with E-state index in [0.29, 0.717) is 19.1 Å². The van der Waals surface area contributed by atoms with Gasteiger partial charge >= 0.3 is 0 Å². The first-order chi connectivity index (χ1) is 8.97. The van der Waals surface area contributed by atoms with Gasteiger partial charge in [0.25, 0.3) is 0 Å². The van der Waals surface area contributed by atoms with Crippen LogP contribution >= 0.6 is 0 Å². The number of amides is 1. The van der Waals surface area contributed by atoms with Crippen molar-refractivity contribution in [3.8, 4) is 0 Å². The first-order valence-electron chi connectivity index (χ1n) is 7.22. The summed E-state index contributed by atoms with van der Waals surface area (Å²) in [7, 11) is -3.17. The molecule has 2 fully saturated rings. The van der Waals surface area contributed by atoms with Gasteiger partial charge in [0, 0.05) is 19.1 Å². The zero-order valence-corrected chi connectivity index (χ0v) is 12.4. The summed E-state index contributed by atoms with van der Waals surface area (Å²) < 4.78 is 24.5. The third kappa shape index (κ3) is 4.18. The lowest BCUT2D eigenvalue weighted by Crippen LogP contribution is -2.47. The van der Waals surface area contributed by atoms with Gasteiger partial charge in [-0.05, 0) is 25.7 Å². The van der Waals surface area contributed by atoms with Gasteiger partial charge in [0.05, 0.1) is 12.2 Å². The maximum atomic E-state index is 12.2. The van der Waals surface area contributed by atoms with Gasteiger partial charge in [0.2, 0.25) is 15.9 Å². The molecule has 5 nitrogen and oxygen atoms in total. The van der Waals surface area contributed by atoms with Crippen LogP contribution in [-0.2, 0) is 14.8 Å². The van der Waals surface area contributed by atoms with Crippen molar-refractivity contribution in [2.45, 2.75) is 51.0 Å². The van der Waals surface area contributed by atoms with Crippen molar-refractivity contribution in [1.29, 1.82) is 0 Å². The van der Waals surface area contributed by atoms with Gasteiger partial charge in [-0.3, -0.25) is 4.79 Å². The highest BCUT2D eigenvalue weighted by Crippen LogP contribution is 2.21. The predicted molar refractivity (Wildman–Crippen MR) is 74.2 cm³/mol. The zero-order valence-electron chi connectivity index (χ0n) is 11.6. The molecule has 1 atom stereocenters. The van der Waals surface area contributed by atoms with Gasteiger partial charge in [-0.15, -0.1) is 0 Å². The maximum Gasteiger partial charge on any atom is 0.224 e. The van der Waals surface area contributed by atoms with Crippen LogP contribution in [0, 0.1) is 5.92 Å². The minimum absolute atomic E-state index is 0.0419. The highest BCUT2D eigenvalue weighted by molar-refractivity contribution is 7.88. The van der Waals surface area contributed by atoms with E-state index >= 15 is 0 Å². The minimum Gasteiger partial charge on any atom is -0.353 e. The average Bonchev–Trinajstić information content (AvgIpc) is 2.39. The second-order valence-electron chi connectivity index (χ2n) is 5.80. The second-order valence-corrected chi connectivity index (χ2v) is 7.79. The molecular formula is C13H24N2O3S. The quantitative estimate of drug-likeness (QED) is 0.846. The monoisotopic (exact) mass is 288 g/mol. The molecule has 0 aromatic heterocycles. The SMILES string of the molecule is CS(=O)(=O)N1CCC[C@H](C(=O)NC2CCCCC2)C1. The molecule has 2 aliphatic rings. The Bertz CT molecular complexity index is 416. The first kappa shape index (κ1) is 14.8. The van der Waals surface area contributed by atoms with Crippen LogP contribution < -0.4 is 5.32 Å². The number of hydrogen-bond donors (Lipinski definition) is 1. The van der Waals surface area contributed by atoms with Crippen molar-refractivity contribution in [3.63, 3.8) is 0 Å².